The number of aliphatic hydroxyl groups excluding tert-OH is 1. The molecular weight excluding hydrogens is 427 g/mol. The monoisotopic (exact) mass is 448 g/mol. The maximum atomic E-state index is 12.9. The Kier molecular flexibility index (Phi) is 6.71. The predicted molar refractivity (Wildman–Crippen MR) is 117 cm³/mol. The zero-order valence-corrected chi connectivity index (χ0v) is 18.4. The zero-order chi connectivity index (χ0) is 22.0. The van der Waals surface area contributed by atoms with Crippen molar-refractivity contribution in [3.05, 3.63) is 69.2 Å². The van der Waals surface area contributed by atoms with E-state index in [4.69, 9.17) is 27.9 Å². The van der Waals surface area contributed by atoms with E-state index in [0.717, 1.165) is 0 Å². The first-order valence-electron chi connectivity index (χ1n) is 9.27. The third-order valence-electron chi connectivity index (χ3n) is 4.95. The average molecular weight is 449 g/mol. The van der Waals surface area contributed by atoms with E-state index in [0.29, 0.717) is 40.0 Å². The Morgan fingerprint density at radius 1 is 1.10 bits per heavy atom. The number of aliphatic hydroxyl groups is 1. The van der Waals surface area contributed by atoms with Gasteiger partial charge >= 0.3 is 0 Å². The Labute approximate surface area is 185 Å². The number of halogens is 2. The summed E-state index contributed by atoms with van der Waals surface area (Å²) < 4.78 is 5.14. The van der Waals surface area contributed by atoms with Crippen LogP contribution < -0.4 is 4.74 Å². The summed E-state index contributed by atoms with van der Waals surface area (Å²) in [6.45, 7) is 0.856. The molecule has 0 radical (unpaired) electrons. The number of benzene rings is 2. The van der Waals surface area contributed by atoms with Crippen LogP contribution in [0.5, 0.6) is 5.75 Å². The molecule has 1 N–H and O–H groups in total. The number of carbonyl (C=O) groups excluding carboxylic acids is 2. The molecule has 1 saturated heterocycles. The number of amides is 1. The maximum Gasteiger partial charge on any atom is 0.295 e. The Morgan fingerprint density at radius 2 is 1.77 bits per heavy atom. The van der Waals surface area contributed by atoms with Crippen LogP contribution in [0.25, 0.3) is 5.76 Å². The summed E-state index contributed by atoms with van der Waals surface area (Å²) in [5.41, 5.74) is 1.02. The molecule has 158 valence electrons. The normalized spacial score (nSPS) is 18.3. The standard InChI is InChI=1S/C22H22Cl2N2O4/c1-25(2)10-11-26-19(14-6-9-16(23)17(24)12-14)18(21(28)22(26)29)20(27)13-4-7-15(30-3)8-5-13/h4-9,12,19,27H,10-11H2,1-3H3/b20-18+. The van der Waals surface area contributed by atoms with Gasteiger partial charge in [-0.15, -0.1) is 0 Å². The van der Waals surface area contributed by atoms with Crippen LogP contribution in [0.1, 0.15) is 17.2 Å². The highest BCUT2D eigenvalue weighted by atomic mass is 35.5. The fourth-order valence-electron chi connectivity index (χ4n) is 3.35. The van der Waals surface area contributed by atoms with Crippen molar-refractivity contribution in [2.24, 2.45) is 0 Å². The van der Waals surface area contributed by atoms with Crippen LogP contribution in [0.3, 0.4) is 0 Å². The van der Waals surface area contributed by atoms with Crippen LogP contribution in [0.2, 0.25) is 10.0 Å². The third kappa shape index (κ3) is 4.31. The lowest BCUT2D eigenvalue weighted by molar-refractivity contribution is -0.140. The molecule has 1 atom stereocenters. The molecule has 3 rings (SSSR count). The molecule has 0 aliphatic carbocycles. The predicted octanol–water partition coefficient (Wildman–Crippen LogP) is 3.99. The first kappa shape index (κ1) is 22.2. The number of likely N-dealkylation sites (N-methyl/N-ethyl adjacent to an activating group) is 1. The van der Waals surface area contributed by atoms with Gasteiger partial charge in [0.05, 0.1) is 28.8 Å². The Bertz CT molecular complexity index is 1000. The van der Waals surface area contributed by atoms with E-state index in [1.807, 2.05) is 19.0 Å². The molecule has 8 heteroatoms. The van der Waals surface area contributed by atoms with E-state index in [1.54, 1.807) is 42.5 Å². The van der Waals surface area contributed by atoms with E-state index in [2.05, 4.69) is 0 Å². The lowest BCUT2D eigenvalue weighted by Gasteiger charge is -2.26. The molecule has 1 aliphatic rings. The number of hydrogen-bond acceptors (Lipinski definition) is 5. The Morgan fingerprint density at radius 3 is 2.33 bits per heavy atom. The van der Waals surface area contributed by atoms with Crippen LogP contribution in [0.15, 0.2) is 48.0 Å². The van der Waals surface area contributed by atoms with Gasteiger partial charge in [-0.05, 0) is 56.1 Å². The second-order valence-electron chi connectivity index (χ2n) is 7.20. The molecule has 1 unspecified atom stereocenters. The molecule has 1 heterocycles. The molecule has 2 aromatic carbocycles. The Hall–Kier alpha value is -2.54. The average Bonchev–Trinajstić information content (AvgIpc) is 2.98. The highest BCUT2D eigenvalue weighted by Crippen LogP contribution is 2.40. The number of rotatable bonds is 6. The highest BCUT2D eigenvalue weighted by Gasteiger charge is 2.46. The lowest BCUT2D eigenvalue weighted by atomic mass is 9.95. The molecule has 0 bridgehead atoms. The molecule has 0 spiro atoms. The van der Waals surface area contributed by atoms with E-state index >= 15 is 0 Å². The third-order valence-corrected chi connectivity index (χ3v) is 5.69. The second-order valence-corrected chi connectivity index (χ2v) is 8.01. The minimum absolute atomic E-state index is 0.0160. The van der Waals surface area contributed by atoms with Crippen molar-refractivity contribution in [1.29, 1.82) is 0 Å². The molecule has 1 aliphatic heterocycles. The van der Waals surface area contributed by atoms with Gasteiger partial charge in [-0.3, -0.25) is 9.59 Å². The van der Waals surface area contributed by atoms with Crippen molar-refractivity contribution in [3.8, 4) is 5.75 Å². The van der Waals surface area contributed by atoms with Gasteiger partial charge in [-0.1, -0.05) is 29.3 Å². The highest BCUT2D eigenvalue weighted by molar-refractivity contribution is 6.46. The van der Waals surface area contributed by atoms with Crippen molar-refractivity contribution in [3.63, 3.8) is 0 Å². The molecule has 6 nitrogen and oxygen atoms in total. The second kappa shape index (κ2) is 9.08. The quantitative estimate of drug-likeness (QED) is 0.411. The number of likely N-dealkylation sites (tertiary alicyclic amines) is 1. The van der Waals surface area contributed by atoms with Gasteiger partial charge in [0.1, 0.15) is 11.5 Å². The van der Waals surface area contributed by atoms with Gasteiger partial charge in [-0.2, -0.15) is 0 Å². The van der Waals surface area contributed by atoms with Crippen molar-refractivity contribution < 1.29 is 19.4 Å². The molecule has 1 amide bonds. The van der Waals surface area contributed by atoms with E-state index < -0.39 is 17.7 Å². The molecular formula is C22H22Cl2N2O4. The van der Waals surface area contributed by atoms with Gasteiger partial charge < -0.3 is 19.6 Å². The van der Waals surface area contributed by atoms with Gasteiger partial charge in [0.25, 0.3) is 11.7 Å². The van der Waals surface area contributed by atoms with Crippen molar-refractivity contribution in [2.75, 3.05) is 34.3 Å². The molecule has 0 saturated carbocycles. The van der Waals surface area contributed by atoms with Crippen LogP contribution in [-0.4, -0.2) is 60.9 Å². The summed E-state index contributed by atoms with van der Waals surface area (Å²) in [5, 5.41) is 11.7. The SMILES string of the molecule is COc1ccc(/C(O)=C2\C(=O)C(=O)N(CCN(C)C)C2c2ccc(Cl)c(Cl)c2)cc1. The van der Waals surface area contributed by atoms with E-state index in [1.165, 1.54) is 12.0 Å². The fourth-order valence-corrected chi connectivity index (χ4v) is 3.66. The van der Waals surface area contributed by atoms with Gasteiger partial charge in [0.15, 0.2) is 0 Å². The summed E-state index contributed by atoms with van der Waals surface area (Å²) >= 11 is 12.2. The molecule has 2 aromatic rings. The van der Waals surface area contributed by atoms with Gasteiger partial charge in [-0.25, -0.2) is 0 Å². The number of ketones is 1. The first-order valence-corrected chi connectivity index (χ1v) is 10.0. The number of carbonyl (C=O) groups is 2. The van der Waals surface area contributed by atoms with Crippen LogP contribution >= 0.6 is 23.2 Å². The summed E-state index contributed by atoms with van der Waals surface area (Å²) in [6, 6.07) is 10.8. The minimum Gasteiger partial charge on any atom is -0.507 e. The number of methoxy groups -OCH3 is 1. The summed E-state index contributed by atoms with van der Waals surface area (Å²) in [6.07, 6.45) is 0. The number of Topliss-reactive ketones (excluding diaryl/α,β-unsaturated/α-hetero) is 1. The lowest BCUT2D eigenvalue weighted by Crippen LogP contribution is -2.35. The van der Waals surface area contributed by atoms with E-state index in [-0.39, 0.29) is 11.3 Å². The largest absolute Gasteiger partial charge is 0.507 e. The zero-order valence-electron chi connectivity index (χ0n) is 16.9. The molecule has 30 heavy (non-hydrogen) atoms. The van der Waals surface area contributed by atoms with Crippen LogP contribution in [-0.2, 0) is 9.59 Å². The Balaban J connectivity index is 2.15. The van der Waals surface area contributed by atoms with Crippen molar-refractivity contribution in [2.45, 2.75) is 6.04 Å². The fraction of sp³-hybridized carbons (Fsp3) is 0.273. The summed E-state index contributed by atoms with van der Waals surface area (Å²) in [4.78, 5) is 29.1. The van der Waals surface area contributed by atoms with Crippen molar-refractivity contribution in [1.82, 2.24) is 9.80 Å². The summed E-state index contributed by atoms with van der Waals surface area (Å²) in [7, 11) is 5.29. The van der Waals surface area contributed by atoms with Gasteiger partial charge in [0, 0.05) is 18.7 Å². The number of ether oxygens (including phenoxy) is 1. The van der Waals surface area contributed by atoms with Crippen molar-refractivity contribution >= 4 is 40.7 Å². The first-order chi connectivity index (χ1) is 14.2. The molecule has 1 fully saturated rings. The van der Waals surface area contributed by atoms with E-state index in [9.17, 15) is 14.7 Å². The topological polar surface area (TPSA) is 70.1 Å². The summed E-state index contributed by atoms with van der Waals surface area (Å²) in [5.74, 6) is -1.04. The smallest absolute Gasteiger partial charge is 0.295 e. The number of nitrogens with zero attached hydrogens (tertiary/aromatic N) is 2. The van der Waals surface area contributed by atoms with Gasteiger partial charge in [0.2, 0.25) is 0 Å². The maximum absolute atomic E-state index is 12.9. The molecule has 0 aromatic heterocycles. The van der Waals surface area contributed by atoms with Crippen LogP contribution in [0, 0.1) is 0 Å². The minimum atomic E-state index is -0.776. The number of hydrogen-bond donors (Lipinski definition) is 1. The van der Waals surface area contributed by atoms with Crippen LogP contribution in [0.4, 0.5) is 0 Å².